The Bertz CT molecular complexity index is 2890. The van der Waals surface area contributed by atoms with E-state index < -0.39 is 0 Å². The number of rotatable bonds is 7. The Hall–Kier alpha value is -7.16. The van der Waals surface area contributed by atoms with Crippen molar-refractivity contribution in [2.24, 2.45) is 0 Å². The fraction of sp³-hybridized carbons (Fsp3) is 0. The van der Waals surface area contributed by atoms with Gasteiger partial charge in [0.25, 0.3) is 0 Å². The van der Waals surface area contributed by atoms with Gasteiger partial charge in [-0.3, -0.25) is 0 Å². The van der Waals surface area contributed by atoms with Crippen molar-refractivity contribution >= 4 is 49.6 Å². The van der Waals surface area contributed by atoms with Crippen molar-refractivity contribution in [1.29, 1.82) is 0 Å². The molecule has 254 valence electrons. The quantitative estimate of drug-likeness (QED) is 0.162. The van der Waals surface area contributed by atoms with Gasteiger partial charge in [0, 0.05) is 33.2 Å². The van der Waals surface area contributed by atoms with E-state index in [1.54, 1.807) is 0 Å². The van der Waals surface area contributed by atoms with Crippen molar-refractivity contribution in [1.82, 2.24) is 4.57 Å². The molecule has 0 spiro atoms. The Kier molecular flexibility index (Phi) is 7.85. The molecule has 0 aliphatic rings. The minimum absolute atomic E-state index is 1.10. The molecule has 0 saturated heterocycles. The van der Waals surface area contributed by atoms with Crippen LogP contribution >= 0.6 is 0 Å². The van der Waals surface area contributed by atoms with Crippen LogP contribution in [0.25, 0.3) is 71.6 Å². The fourth-order valence-electron chi connectivity index (χ4n) is 8.12. The monoisotopic (exact) mass is 688 g/mol. The number of hydrogen-bond donors (Lipinski definition) is 0. The Morgan fingerprint density at radius 2 is 0.889 bits per heavy atom. The van der Waals surface area contributed by atoms with E-state index in [2.05, 4.69) is 228 Å². The van der Waals surface area contributed by atoms with E-state index in [0.717, 1.165) is 28.3 Å². The van der Waals surface area contributed by atoms with Crippen molar-refractivity contribution in [2.45, 2.75) is 0 Å². The van der Waals surface area contributed by atoms with Crippen LogP contribution in [-0.2, 0) is 0 Å². The highest BCUT2D eigenvalue weighted by Crippen LogP contribution is 2.45. The second-order valence-electron chi connectivity index (χ2n) is 13.7. The van der Waals surface area contributed by atoms with Gasteiger partial charge in [0.15, 0.2) is 0 Å². The molecule has 2 heteroatoms. The van der Waals surface area contributed by atoms with Crippen LogP contribution in [0, 0.1) is 0 Å². The second kappa shape index (κ2) is 13.4. The average Bonchev–Trinajstić information content (AvgIpc) is 3.59. The average molecular weight is 689 g/mol. The predicted molar refractivity (Wildman–Crippen MR) is 229 cm³/mol. The molecular formula is C52H36N2. The fourth-order valence-corrected chi connectivity index (χ4v) is 8.12. The summed E-state index contributed by atoms with van der Waals surface area (Å²) < 4.78 is 2.43. The minimum Gasteiger partial charge on any atom is -0.310 e. The first-order valence-corrected chi connectivity index (χ1v) is 18.5. The summed E-state index contributed by atoms with van der Waals surface area (Å²) in [6.45, 7) is 0. The second-order valence-corrected chi connectivity index (χ2v) is 13.7. The molecule has 0 radical (unpaired) electrons. The number of nitrogens with zero attached hydrogens (tertiary/aromatic N) is 2. The van der Waals surface area contributed by atoms with Gasteiger partial charge in [0.1, 0.15) is 0 Å². The van der Waals surface area contributed by atoms with Crippen molar-refractivity contribution in [3.05, 3.63) is 218 Å². The van der Waals surface area contributed by atoms with Crippen LogP contribution in [0.3, 0.4) is 0 Å². The van der Waals surface area contributed by atoms with Crippen molar-refractivity contribution in [3.8, 4) is 39.1 Å². The zero-order chi connectivity index (χ0) is 35.8. The van der Waals surface area contributed by atoms with E-state index in [1.165, 1.54) is 60.4 Å². The summed E-state index contributed by atoms with van der Waals surface area (Å²) in [5, 5.41) is 4.90. The minimum atomic E-state index is 1.10. The largest absolute Gasteiger partial charge is 0.310 e. The SMILES string of the molecule is c1ccc(-c2ccc(-c3cccc4c3c3ccc(N(c5ccccc5)c5ccc(-c6ccccc6)c6ccccc56)cc3n4-c3ccccc3)cc2)cc1. The first-order valence-electron chi connectivity index (χ1n) is 18.5. The zero-order valence-corrected chi connectivity index (χ0v) is 29.7. The van der Waals surface area contributed by atoms with E-state index in [4.69, 9.17) is 0 Å². The van der Waals surface area contributed by atoms with E-state index in [0.29, 0.717) is 0 Å². The normalized spacial score (nSPS) is 11.3. The third-order valence-electron chi connectivity index (χ3n) is 10.6. The van der Waals surface area contributed by atoms with Crippen molar-refractivity contribution in [2.75, 3.05) is 4.90 Å². The maximum atomic E-state index is 2.43. The highest BCUT2D eigenvalue weighted by molar-refractivity contribution is 6.17. The molecule has 0 N–H and O–H groups in total. The number of hydrogen-bond acceptors (Lipinski definition) is 1. The first-order chi connectivity index (χ1) is 26.8. The van der Waals surface area contributed by atoms with Gasteiger partial charge in [-0.2, -0.15) is 0 Å². The summed E-state index contributed by atoms with van der Waals surface area (Å²) in [7, 11) is 0. The topological polar surface area (TPSA) is 8.17 Å². The molecule has 0 fully saturated rings. The van der Waals surface area contributed by atoms with Crippen LogP contribution < -0.4 is 4.90 Å². The molecule has 0 unspecified atom stereocenters. The number of benzene rings is 9. The molecule has 10 aromatic rings. The predicted octanol–water partition coefficient (Wildman–Crippen LogP) is 14.4. The summed E-state index contributed by atoms with van der Waals surface area (Å²) in [5.74, 6) is 0. The highest BCUT2D eigenvalue weighted by Gasteiger charge is 2.21. The van der Waals surface area contributed by atoms with Crippen LogP contribution in [0.1, 0.15) is 0 Å². The summed E-state index contributed by atoms with van der Waals surface area (Å²) in [6, 6.07) is 78.8. The van der Waals surface area contributed by atoms with Gasteiger partial charge in [-0.15, -0.1) is 0 Å². The Labute approximate surface area is 315 Å². The molecule has 10 rings (SSSR count). The summed E-state index contributed by atoms with van der Waals surface area (Å²) in [5.41, 5.74) is 14.1. The maximum absolute atomic E-state index is 2.43. The summed E-state index contributed by atoms with van der Waals surface area (Å²) in [6.07, 6.45) is 0. The summed E-state index contributed by atoms with van der Waals surface area (Å²) >= 11 is 0. The lowest BCUT2D eigenvalue weighted by molar-refractivity contribution is 1.18. The molecule has 54 heavy (non-hydrogen) atoms. The smallest absolute Gasteiger partial charge is 0.0562 e. The van der Waals surface area contributed by atoms with Gasteiger partial charge >= 0.3 is 0 Å². The van der Waals surface area contributed by atoms with Crippen LogP contribution in [-0.4, -0.2) is 4.57 Å². The Morgan fingerprint density at radius 3 is 1.61 bits per heavy atom. The first kappa shape index (κ1) is 31.6. The number of fused-ring (bicyclic) bond motifs is 4. The van der Waals surface area contributed by atoms with Crippen LogP contribution in [0.15, 0.2) is 218 Å². The lowest BCUT2D eigenvalue weighted by atomic mass is 9.96. The zero-order valence-electron chi connectivity index (χ0n) is 29.7. The van der Waals surface area contributed by atoms with Crippen LogP contribution in [0.5, 0.6) is 0 Å². The van der Waals surface area contributed by atoms with Gasteiger partial charge in [-0.25, -0.2) is 0 Å². The molecule has 0 amide bonds. The van der Waals surface area contributed by atoms with Crippen molar-refractivity contribution in [3.63, 3.8) is 0 Å². The molecule has 0 aliphatic carbocycles. The molecule has 2 nitrogen and oxygen atoms in total. The number of aromatic nitrogens is 1. The van der Waals surface area contributed by atoms with Gasteiger partial charge in [0.2, 0.25) is 0 Å². The molecule has 0 saturated carbocycles. The van der Waals surface area contributed by atoms with Crippen LogP contribution in [0.2, 0.25) is 0 Å². The summed E-state index contributed by atoms with van der Waals surface area (Å²) in [4.78, 5) is 2.41. The standard InChI is InChI=1S/C52H36N2/c1-5-16-37(17-6-1)38-28-30-40(31-29-38)45-26-15-27-50-52(45)48-33-32-43(36-51(48)54(50)42-22-11-4-12-23-42)53(41-20-9-3-10-21-41)49-35-34-44(39-18-7-2-8-19-39)46-24-13-14-25-47(46)49/h1-36H. The van der Waals surface area contributed by atoms with Crippen molar-refractivity contribution < 1.29 is 0 Å². The van der Waals surface area contributed by atoms with E-state index in [1.807, 2.05) is 0 Å². The molecule has 0 bridgehead atoms. The lowest BCUT2D eigenvalue weighted by Crippen LogP contribution is -2.10. The third kappa shape index (κ3) is 5.44. The Morgan fingerprint density at radius 1 is 0.315 bits per heavy atom. The molecule has 0 aliphatic heterocycles. The molecule has 0 atom stereocenters. The lowest BCUT2D eigenvalue weighted by Gasteiger charge is -2.27. The van der Waals surface area contributed by atoms with E-state index in [-0.39, 0.29) is 0 Å². The molecule has 1 aromatic heterocycles. The van der Waals surface area contributed by atoms with Gasteiger partial charge in [0.05, 0.1) is 16.7 Å². The molecule has 1 heterocycles. The van der Waals surface area contributed by atoms with Gasteiger partial charge < -0.3 is 9.47 Å². The number of anilines is 3. The third-order valence-corrected chi connectivity index (χ3v) is 10.6. The number of para-hydroxylation sites is 2. The van der Waals surface area contributed by atoms with Crippen LogP contribution in [0.4, 0.5) is 17.1 Å². The van der Waals surface area contributed by atoms with E-state index in [9.17, 15) is 0 Å². The maximum Gasteiger partial charge on any atom is 0.0562 e. The highest BCUT2D eigenvalue weighted by atomic mass is 15.1. The van der Waals surface area contributed by atoms with Gasteiger partial charge in [-0.1, -0.05) is 170 Å². The van der Waals surface area contributed by atoms with Gasteiger partial charge in [-0.05, 0) is 87.3 Å². The Balaban J connectivity index is 1.20. The van der Waals surface area contributed by atoms with E-state index >= 15 is 0 Å². The molecule has 9 aromatic carbocycles. The molecular weight excluding hydrogens is 653 g/mol.